The van der Waals surface area contributed by atoms with Crippen LogP contribution in [-0.4, -0.2) is 35.4 Å². The van der Waals surface area contributed by atoms with E-state index in [4.69, 9.17) is 4.74 Å². The smallest absolute Gasteiger partial charge is 0.407 e. The number of carbonyl (C=O) groups is 1. The summed E-state index contributed by atoms with van der Waals surface area (Å²) in [5, 5.41) is 6.69. The Morgan fingerprint density at radius 2 is 2.14 bits per heavy atom. The van der Waals surface area contributed by atoms with Crippen molar-refractivity contribution in [1.82, 2.24) is 10.6 Å². The molecule has 1 unspecified atom stereocenters. The second kappa shape index (κ2) is 7.18. The maximum Gasteiger partial charge on any atom is 0.407 e. The van der Waals surface area contributed by atoms with Crippen LogP contribution in [0.2, 0.25) is 0 Å². The summed E-state index contributed by atoms with van der Waals surface area (Å²) in [4.78, 5) is 12.0. The van der Waals surface area contributed by atoms with E-state index in [0.717, 1.165) is 18.7 Å². The highest BCUT2D eigenvalue weighted by Crippen LogP contribution is 2.20. The molecule has 2 rings (SSSR count). The average molecular weight is 308 g/mol. The lowest BCUT2D eigenvalue weighted by Crippen LogP contribution is -2.49. The molecule has 2 N–H and O–H groups in total. The van der Waals surface area contributed by atoms with Gasteiger partial charge < -0.3 is 15.4 Å². The molecular formula is C16H24N2O2S. The van der Waals surface area contributed by atoms with Gasteiger partial charge in [0.2, 0.25) is 0 Å². The van der Waals surface area contributed by atoms with Crippen molar-refractivity contribution in [3.63, 3.8) is 0 Å². The fourth-order valence-corrected chi connectivity index (χ4v) is 3.39. The molecule has 5 heteroatoms. The first-order chi connectivity index (χ1) is 9.94. The van der Waals surface area contributed by atoms with Crippen LogP contribution in [0.15, 0.2) is 30.3 Å². The Morgan fingerprint density at radius 3 is 2.71 bits per heavy atom. The molecule has 1 aliphatic heterocycles. The minimum absolute atomic E-state index is 0.0229. The number of hydrogen-bond donors (Lipinski definition) is 2. The van der Waals surface area contributed by atoms with Crippen LogP contribution in [-0.2, 0) is 11.2 Å². The lowest BCUT2D eigenvalue weighted by molar-refractivity contribution is 0.0501. The number of carbonyl (C=O) groups excluding carboxylic acids is 1. The maximum atomic E-state index is 12.0. The van der Waals surface area contributed by atoms with Crippen molar-refractivity contribution in [2.24, 2.45) is 0 Å². The van der Waals surface area contributed by atoms with Crippen LogP contribution < -0.4 is 10.6 Å². The van der Waals surface area contributed by atoms with Crippen LogP contribution in [0.5, 0.6) is 0 Å². The Labute approximate surface area is 131 Å². The van der Waals surface area contributed by atoms with Gasteiger partial charge in [-0.1, -0.05) is 30.3 Å². The molecule has 0 aromatic heterocycles. The van der Waals surface area contributed by atoms with Gasteiger partial charge >= 0.3 is 6.09 Å². The second-order valence-corrected chi connectivity index (χ2v) is 7.44. The van der Waals surface area contributed by atoms with Gasteiger partial charge in [-0.2, -0.15) is 0 Å². The highest BCUT2D eigenvalue weighted by atomic mass is 32.2. The summed E-state index contributed by atoms with van der Waals surface area (Å²) in [5.41, 5.74) is 0.741. The van der Waals surface area contributed by atoms with Gasteiger partial charge in [0.15, 0.2) is 0 Å². The Morgan fingerprint density at radius 1 is 1.43 bits per heavy atom. The number of amides is 1. The Bertz CT molecular complexity index is 453. The van der Waals surface area contributed by atoms with Crippen LogP contribution in [0, 0.1) is 0 Å². The summed E-state index contributed by atoms with van der Waals surface area (Å²) in [6.45, 7) is 6.61. The maximum absolute atomic E-state index is 12.0. The molecule has 116 valence electrons. The first-order valence-corrected chi connectivity index (χ1v) is 8.37. The van der Waals surface area contributed by atoms with E-state index < -0.39 is 5.60 Å². The van der Waals surface area contributed by atoms with E-state index in [9.17, 15) is 4.79 Å². The summed E-state index contributed by atoms with van der Waals surface area (Å²) >= 11 is 1.85. The number of ether oxygens (including phenoxy) is 1. The monoisotopic (exact) mass is 308 g/mol. The van der Waals surface area contributed by atoms with E-state index in [1.165, 1.54) is 5.56 Å². The van der Waals surface area contributed by atoms with Gasteiger partial charge in [-0.05, 0) is 32.8 Å². The third kappa shape index (κ3) is 5.59. The highest BCUT2D eigenvalue weighted by Gasteiger charge is 2.28. The van der Waals surface area contributed by atoms with Crippen LogP contribution in [0.3, 0.4) is 0 Å². The van der Waals surface area contributed by atoms with Crippen molar-refractivity contribution in [2.45, 2.75) is 44.2 Å². The molecule has 0 aliphatic carbocycles. The van der Waals surface area contributed by atoms with Crippen LogP contribution >= 0.6 is 11.8 Å². The zero-order chi connectivity index (χ0) is 15.3. The second-order valence-electron chi connectivity index (χ2n) is 6.19. The van der Waals surface area contributed by atoms with Crippen LogP contribution in [0.25, 0.3) is 0 Å². The average Bonchev–Trinajstić information content (AvgIpc) is 2.90. The summed E-state index contributed by atoms with van der Waals surface area (Å²) < 4.78 is 5.38. The zero-order valence-electron chi connectivity index (χ0n) is 12.9. The topological polar surface area (TPSA) is 50.4 Å². The van der Waals surface area contributed by atoms with E-state index in [1.807, 2.05) is 50.7 Å². The van der Waals surface area contributed by atoms with E-state index in [-0.39, 0.29) is 17.5 Å². The summed E-state index contributed by atoms with van der Waals surface area (Å²) in [5.74, 6) is 1.08. The molecule has 1 aromatic rings. The molecule has 1 aliphatic rings. The van der Waals surface area contributed by atoms with Gasteiger partial charge in [-0.3, -0.25) is 0 Å². The van der Waals surface area contributed by atoms with Gasteiger partial charge in [-0.25, -0.2) is 4.79 Å². The molecule has 0 spiro atoms. The molecule has 1 fully saturated rings. The highest BCUT2D eigenvalue weighted by molar-refractivity contribution is 8.00. The van der Waals surface area contributed by atoms with E-state index in [0.29, 0.717) is 0 Å². The van der Waals surface area contributed by atoms with Crippen molar-refractivity contribution in [1.29, 1.82) is 0 Å². The fourth-order valence-electron chi connectivity index (χ4n) is 2.27. The first-order valence-electron chi connectivity index (χ1n) is 7.32. The molecule has 1 amide bonds. The molecular weight excluding hydrogens is 284 g/mol. The Balaban J connectivity index is 2.00. The molecule has 0 radical (unpaired) electrons. The number of hydrogen-bond acceptors (Lipinski definition) is 4. The SMILES string of the molecule is CC(C)(C)OC(=O)N[C@@H](Cc1ccccc1)C1NCCS1. The van der Waals surface area contributed by atoms with E-state index >= 15 is 0 Å². The molecule has 21 heavy (non-hydrogen) atoms. The molecule has 1 aromatic carbocycles. The fraction of sp³-hybridized carbons (Fsp3) is 0.562. The standard InChI is InChI=1S/C16H24N2O2S/c1-16(2,3)20-15(19)18-13(14-17-9-10-21-14)11-12-7-5-4-6-8-12/h4-8,13-14,17H,9-11H2,1-3H3,(H,18,19)/t13-,14?/m0/s1. The molecule has 1 saturated heterocycles. The number of rotatable bonds is 4. The van der Waals surface area contributed by atoms with Gasteiger partial charge in [0.1, 0.15) is 5.60 Å². The van der Waals surface area contributed by atoms with Gasteiger partial charge in [0.25, 0.3) is 0 Å². The Kier molecular flexibility index (Phi) is 5.53. The van der Waals surface area contributed by atoms with E-state index in [1.54, 1.807) is 0 Å². The molecule has 0 saturated carbocycles. The van der Waals surface area contributed by atoms with Crippen molar-refractivity contribution in [2.75, 3.05) is 12.3 Å². The van der Waals surface area contributed by atoms with Gasteiger partial charge in [-0.15, -0.1) is 11.8 Å². The zero-order valence-corrected chi connectivity index (χ0v) is 13.7. The lowest BCUT2D eigenvalue weighted by Gasteiger charge is -2.27. The van der Waals surface area contributed by atoms with Gasteiger partial charge in [0.05, 0.1) is 11.4 Å². The van der Waals surface area contributed by atoms with Crippen LogP contribution in [0.4, 0.5) is 4.79 Å². The van der Waals surface area contributed by atoms with Gasteiger partial charge in [0, 0.05) is 12.3 Å². The minimum atomic E-state index is -0.475. The Hall–Kier alpha value is -1.20. The molecule has 2 atom stereocenters. The third-order valence-corrected chi connectivity index (χ3v) is 4.41. The predicted molar refractivity (Wildman–Crippen MR) is 87.6 cm³/mol. The quantitative estimate of drug-likeness (QED) is 0.898. The predicted octanol–water partition coefficient (Wildman–Crippen LogP) is 2.78. The largest absolute Gasteiger partial charge is 0.444 e. The normalized spacial score (nSPS) is 20.0. The summed E-state index contributed by atoms with van der Waals surface area (Å²) in [6, 6.07) is 10.2. The minimum Gasteiger partial charge on any atom is -0.444 e. The summed E-state index contributed by atoms with van der Waals surface area (Å²) in [6.07, 6.45) is 0.447. The summed E-state index contributed by atoms with van der Waals surface area (Å²) in [7, 11) is 0. The van der Waals surface area contributed by atoms with Crippen molar-refractivity contribution in [3.8, 4) is 0 Å². The number of alkyl carbamates (subject to hydrolysis) is 1. The molecule has 0 bridgehead atoms. The number of benzene rings is 1. The first kappa shape index (κ1) is 16.2. The van der Waals surface area contributed by atoms with E-state index in [2.05, 4.69) is 22.8 Å². The van der Waals surface area contributed by atoms with Crippen LogP contribution in [0.1, 0.15) is 26.3 Å². The molecule has 1 heterocycles. The number of nitrogens with one attached hydrogen (secondary N) is 2. The van der Waals surface area contributed by atoms with Crippen molar-refractivity contribution >= 4 is 17.9 Å². The lowest BCUT2D eigenvalue weighted by atomic mass is 10.1. The molecule has 4 nitrogen and oxygen atoms in total. The van der Waals surface area contributed by atoms with Crippen molar-refractivity contribution < 1.29 is 9.53 Å². The third-order valence-electron chi connectivity index (χ3n) is 3.11. The number of thioether (sulfide) groups is 1. The van der Waals surface area contributed by atoms with Crippen molar-refractivity contribution in [3.05, 3.63) is 35.9 Å².